The maximum atomic E-state index is 13.4. The van der Waals surface area contributed by atoms with Crippen LogP contribution in [-0.2, 0) is 4.74 Å². The van der Waals surface area contributed by atoms with Gasteiger partial charge in [-0.1, -0.05) is 6.92 Å². The van der Waals surface area contributed by atoms with Crippen LogP contribution in [0.4, 0.5) is 4.39 Å². The van der Waals surface area contributed by atoms with Crippen LogP contribution in [0.5, 0.6) is 0 Å². The molecule has 3 rings (SSSR count). The number of nitrogens with one attached hydrogen (secondary N) is 1. The fourth-order valence-electron chi connectivity index (χ4n) is 3.02. The van der Waals surface area contributed by atoms with E-state index >= 15 is 0 Å². The Morgan fingerprint density at radius 1 is 1.45 bits per heavy atom. The maximum absolute atomic E-state index is 13.4. The zero-order chi connectivity index (χ0) is 14.1. The first-order valence-electron chi connectivity index (χ1n) is 7.20. The highest BCUT2D eigenvalue weighted by molar-refractivity contribution is 5.82. The molecule has 4 heteroatoms. The SMILES string of the molecule is CCNC(c1oc2ccc(F)cc2c1C)C1CCOC1. The largest absolute Gasteiger partial charge is 0.459 e. The molecule has 2 atom stereocenters. The first-order chi connectivity index (χ1) is 9.70. The molecule has 1 aromatic heterocycles. The van der Waals surface area contributed by atoms with Crippen LogP contribution in [0.3, 0.4) is 0 Å². The van der Waals surface area contributed by atoms with E-state index in [0.717, 1.165) is 48.5 Å². The number of halogens is 1. The van der Waals surface area contributed by atoms with E-state index in [4.69, 9.17) is 9.15 Å². The fraction of sp³-hybridized carbons (Fsp3) is 0.500. The molecular weight excluding hydrogens is 257 g/mol. The first kappa shape index (κ1) is 13.6. The van der Waals surface area contributed by atoms with Crippen LogP contribution in [0.1, 0.15) is 30.7 Å². The van der Waals surface area contributed by atoms with E-state index in [1.54, 1.807) is 12.1 Å². The Labute approximate surface area is 118 Å². The van der Waals surface area contributed by atoms with Gasteiger partial charge in [-0.05, 0) is 38.1 Å². The third kappa shape index (κ3) is 2.34. The monoisotopic (exact) mass is 277 g/mol. The Morgan fingerprint density at radius 3 is 3.00 bits per heavy atom. The maximum Gasteiger partial charge on any atom is 0.134 e. The second-order valence-corrected chi connectivity index (χ2v) is 5.39. The Morgan fingerprint density at radius 2 is 2.30 bits per heavy atom. The summed E-state index contributed by atoms with van der Waals surface area (Å²) in [4.78, 5) is 0. The third-order valence-electron chi connectivity index (χ3n) is 4.08. The lowest BCUT2D eigenvalue weighted by Crippen LogP contribution is -2.28. The van der Waals surface area contributed by atoms with Crippen LogP contribution in [-0.4, -0.2) is 19.8 Å². The van der Waals surface area contributed by atoms with Crippen molar-refractivity contribution in [2.24, 2.45) is 5.92 Å². The summed E-state index contributed by atoms with van der Waals surface area (Å²) in [5.74, 6) is 1.11. The molecule has 0 amide bonds. The van der Waals surface area contributed by atoms with E-state index in [-0.39, 0.29) is 11.9 Å². The van der Waals surface area contributed by atoms with E-state index in [0.29, 0.717) is 5.92 Å². The topological polar surface area (TPSA) is 34.4 Å². The third-order valence-corrected chi connectivity index (χ3v) is 4.08. The lowest BCUT2D eigenvalue weighted by molar-refractivity contribution is 0.173. The Kier molecular flexibility index (Phi) is 3.76. The number of fused-ring (bicyclic) bond motifs is 1. The van der Waals surface area contributed by atoms with E-state index in [1.807, 2.05) is 6.92 Å². The summed E-state index contributed by atoms with van der Waals surface area (Å²) in [7, 11) is 0. The molecule has 2 unspecified atom stereocenters. The molecule has 20 heavy (non-hydrogen) atoms. The second-order valence-electron chi connectivity index (χ2n) is 5.39. The molecule has 1 N–H and O–H groups in total. The molecule has 2 heterocycles. The van der Waals surface area contributed by atoms with E-state index in [9.17, 15) is 4.39 Å². The summed E-state index contributed by atoms with van der Waals surface area (Å²) in [6, 6.07) is 4.83. The van der Waals surface area contributed by atoms with Crippen molar-refractivity contribution in [1.29, 1.82) is 0 Å². The van der Waals surface area contributed by atoms with Crippen molar-refractivity contribution in [3.63, 3.8) is 0 Å². The molecule has 1 aliphatic heterocycles. The molecule has 1 saturated heterocycles. The van der Waals surface area contributed by atoms with Gasteiger partial charge in [-0.25, -0.2) is 4.39 Å². The minimum absolute atomic E-state index is 0.137. The first-order valence-corrected chi connectivity index (χ1v) is 7.20. The molecule has 0 saturated carbocycles. The highest BCUT2D eigenvalue weighted by atomic mass is 19.1. The smallest absolute Gasteiger partial charge is 0.134 e. The van der Waals surface area contributed by atoms with Gasteiger partial charge in [-0.15, -0.1) is 0 Å². The Hall–Kier alpha value is -1.39. The molecule has 1 aromatic carbocycles. The Balaban J connectivity index is 2.03. The lowest BCUT2D eigenvalue weighted by atomic mass is 9.94. The van der Waals surface area contributed by atoms with Gasteiger partial charge < -0.3 is 14.5 Å². The molecule has 3 nitrogen and oxygen atoms in total. The van der Waals surface area contributed by atoms with Gasteiger partial charge in [0.1, 0.15) is 17.2 Å². The van der Waals surface area contributed by atoms with Crippen molar-refractivity contribution in [2.45, 2.75) is 26.3 Å². The molecule has 0 radical (unpaired) electrons. The zero-order valence-corrected chi connectivity index (χ0v) is 11.9. The molecule has 0 aliphatic carbocycles. The summed E-state index contributed by atoms with van der Waals surface area (Å²) in [6.07, 6.45) is 1.03. The van der Waals surface area contributed by atoms with Crippen LogP contribution in [0.2, 0.25) is 0 Å². The molecule has 1 aliphatic rings. The highest BCUT2D eigenvalue weighted by Crippen LogP contribution is 2.35. The number of rotatable bonds is 4. The van der Waals surface area contributed by atoms with E-state index in [2.05, 4.69) is 12.2 Å². The van der Waals surface area contributed by atoms with Crippen molar-refractivity contribution in [3.8, 4) is 0 Å². The summed E-state index contributed by atoms with van der Waals surface area (Å²) in [6.45, 7) is 6.51. The van der Waals surface area contributed by atoms with Crippen LogP contribution in [0.25, 0.3) is 11.0 Å². The van der Waals surface area contributed by atoms with Crippen LogP contribution in [0, 0.1) is 18.7 Å². The number of ether oxygens (including phenoxy) is 1. The lowest BCUT2D eigenvalue weighted by Gasteiger charge is -2.22. The molecule has 1 fully saturated rings. The summed E-state index contributed by atoms with van der Waals surface area (Å²) >= 11 is 0. The van der Waals surface area contributed by atoms with Crippen molar-refractivity contribution in [2.75, 3.05) is 19.8 Å². The van der Waals surface area contributed by atoms with Crippen molar-refractivity contribution in [3.05, 3.63) is 35.3 Å². The number of hydrogen-bond donors (Lipinski definition) is 1. The predicted molar refractivity (Wildman–Crippen MR) is 76.3 cm³/mol. The van der Waals surface area contributed by atoms with Gasteiger partial charge >= 0.3 is 0 Å². The normalized spacial score (nSPS) is 20.6. The standard InChI is InChI=1S/C16H20FNO2/c1-3-18-15(11-6-7-19-9-11)16-10(2)13-8-12(17)4-5-14(13)20-16/h4-5,8,11,15,18H,3,6-7,9H2,1-2H3. The van der Waals surface area contributed by atoms with E-state index < -0.39 is 0 Å². The van der Waals surface area contributed by atoms with Crippen molar-refractivity contribution < 1.29 is 13.5 Å². The van der Waals surface area contributed by atoms with Crippen molar-refractivity contribution in [1.82, 2.24) is 5.32 Å². The van der Waals surface area contributed by atoms with Crippen LogP contribution < -0.4 is 5.32 Å². The quantitative estimate of drug-likeness (QED) is 0.927. The van der Waals surface area contributed by atoms with Gasteiger partial charge in [0.2, 0.25) is 0 Å². The molecule has 0 spiro atoms. The number of hydrogen-bond acceptors (Lipinski definition) is 3. The average Bonchev–Trinajstić information content (AvgIpc) is 3.06. The predicted octanol–water partition coefficient (Wildman–Crippen LogP) is 3.57. The zero-order valence-electron chi connectivity index (χ0n) is 11.9. The summed E-state index contributed by atoms with van der Waals surface area (Å²) in [5, 5.41) is 4.35. The molecule has 0 bridgehead atoms. The van der Waals surface area contributed by atoms with Gasteiger partial charge in [0.15, 0.2) is 0 Å². The molecule has 2 aromatic rings. The van der Waals surface area contributed by atoms with Gasteiger partial charge in [0.25, 0.3) is 0 Å². The summed E-state index contributed by atoms with van der Waals surface area (Å²) in [5.41, 5.74) is 1.78. The number of furan rings is 1. The van der Waals surface area contributed by atoms with Crippen LogP contribution >= 0.6 is 0 Å². The van der Waals surface area contributed by atoms with Gasteiger partial charge in [-0.3, -0.25) is 0 Å². The summed E-state index contributed by atoms with van der Waals surface area (Å²) < 4.78 is 24.9. The average molecular weight is 277 g/mol. The van der Waals surface area contributed by atoms with Crippen LogP contribution in [0.15, 0.2) is 22.6 Å². The highest BCUT2D eigenvalue weighted by Gasteiger charge is 2.30. The number of aryl methyl sites for hydroxylation is 1. The van der Waals surface area contributed by atoms with Gasteiger partial charge in [0.05, 0.1) is 12.6 Å². The minimum atomic E-state index is -0.225. The number of benzene rings is 1. The fourth-order valence-corrected chi connectivity index (χ4v) is 3.02. The Bertz CT molecular complexity index is 602. The second kappa shape index (κ2) is 5.54. The van der Waals surface area contributed by atoms with Crippen molar-refractivity contribution >= 4 is 11.0 Å². The van der Waals surface area contributed by atoms with Gasteiger partial charge in [0, 0.05) is 23.5 Å². The molecule has 108 valence electrons. The molecular formula is C16H20FNO2. The van der Waals surface area contributed by atoms with Gasteiger partial charge in [-0.2, -0.15) is 0 Å². The van der Waals surface area contributed by atoms with E-state index in [1.165, 1.54) is 6.07 Å². The minimum Gasteiger partial charge on any atom is -0.459 e.